The number of amides is 1. The topological polar surface area (TPSA) is 77.1 Å². The number of carbonyl (C=O) groups excluding carboxylic acids is 1. The molecule has 0 aromatic carbocycles. The van der Waals surface area contributed by atoms with Gasteiger partial charge in [-0.15, -0.1) is 5.10 Å². The Morgan fingerprint density at radius 3 is 2.65 bits per heavy atom. The molecule has 4 heterocycles. The van der Waals surface area contributed by atoms with Gasteiger partial charge in [0.05, 0.1) is 23.5 Å². The van der Waals surface area contributed by atoms with E-state index in [0.717, 1.165) is 30.0 Å². The van der Waals surface area contributed by atoms with Crippen molar-refractivity contribution in [3.8, 4) is 11.4 Å². The van der Waals surface area contributed by atoms with E-state index in [0.29, 0.717) is 24.4 Å². The number of carbonyl (C=O) groups is 1. The molecule has 0 N–H and O–H groups in total. The third-order valence-electron chi connectivity index (χ3n) is 4.83. The quantitative estimate of drug-likeness (QED) is 0.725. The maximum atomic E-state index is 12.7. The fourth-order valence-corrected chi connectivity index (χ4v) is 3.43. The molecule has 0 aliphatic carbocycles. The number of piperidine rings is 1. The molecule has 1 amide bonds. The van der Waals surface area contributed by atoms with E-state index in [1.165, 1.54) is 0 Å². The molecule has 134 valence electrons. The highest BCUT2D eigenvalue weighted by Gasteiger charge is 2.27. The molecule has 1 aliphatic rings. The predicted octanol–water partition coefficient (Wildman–Crippen LogP) is 3.03. The van der Waals surface area contributed by atoms with Crippen LogP contribution >= 0.6 is 0 Å². The Kier molecular flexibility index (Phi) is 4.28. The molecule has 0 bridgehead atoms. The SMILES string of the molecule is Cc1cc(C(=O)N2CCC(n3cc(-c4ccccn4)nn3)CC2)c(C)o1. The van der Waals surface area contributed by atoms with Crippen LogP contribution in [0.1, 0.15) is 40.8 Å². The number of nitrogens with zero attached hydrogens (tertiary/aromatic N) is 5. The lowest BCUT2D eigenvalue weighted by molar-refractivity contribution is 0.0687. The third-order valence-corrected chi connectivity index (χ3v) is 4.83. The maximum absolute atomic E-state index is 12.7. The predicted molar refractivity (Wildman–Crippen MR) is 95.6 cm³/mol. The minimum absolute atomic E-state index is 0.0468. The monoisotopic (exact) mass is 351 g/mol. The molecule has 0 unspecified atom stereocenters. The Morgan fingerprint density at radius 2 is 2.00 bits per heavy atom. The number of furan rings is 1. The molecule has 3 aromatic rings. The highest BCUT2D eigenvalue weighted by Crippen LogP contribution is 2.25. The summed E-state index contributed by atoms with van der Waals surface area (Å²) >= 11 is 0. The lowest BCUT2D eigenvalue weighted by Crippen LogP contribution is -2.39. The fourth-order valence-electron chi connectivity index (χ4n) is 3.43. The van der Waals surface area contributed by atoms with Crippen molar-refractivity contribution in [3.05, 3.63) is 53.7 Å². The van der Waals surface area contributed by atoms with Crippen LogP contribution in [0, 0.1) is 13.8 Å². The molecule has 1 fully saturated rings. The second-order valence-corrected chi connectivity index (χ2v) is 6.65. The zero-order valence-electron chi connectivity index (χ0n) is 14.9. The average Bonchev–Trinajstić information content (AvgIpc) is 3.29. The molecule has 0 radical (unpaired) electrons. The van der Waals surface area contributed by atoms with Gasteiger partial charge in [-0.25, -0.2) is 4.68 Å². The van der Waals surface area contributed by atoms with E-state index in [-0.39, 0.29) is 11.9 Å². The van der Waals surface area contributed by atoms with E-state index in [1.54, 1.807) is 6.20 Å². The molecule has 1 aliphatic heterocycles. The minimum atomic E-state index is 0.0468. The van der Waals surface area contributed by atoms with Crippen molar-refractivity contribution in [2.24, 2.45) is 0 Å². The summed E-state index contributed by atoms with van der Waals surface area (Å²) in [6, 6.07) is 7.80. The Bertz CT molecular complexity index is 907. The van der Waals surface area contributed by atoms with Gasteiger partial charge in [-0.05, 0) is 44.9 Å². The summed E-state index contributed by atoms with van der Waals surface area (Å²) in [4.78, 5) is 18.9. The van der Waals surface area contributed by atoms with Gasteiger partial charge < -0.3 is 9.32 Å². The average molecular weight is 351 g/mol. The molecule has 0 atom stereocenters. The molecule has 4 rings (SSSR count). The molecule has 7 heteroatoms. The van der Waals surface area contributed by atoms with Crippen LogP contribution in [0.3, 0.4) is 0 Å². The molecular formula is C19H21N5O2. The minimum Gasteiger partial charge on any atom is -0.466 e. The summed E-state index contributed by atoms with van der Waals surface area (Å²) in [6.07, 6.45) is 5.39. The smallest absolute Gasteiger partial charge is 0.257 e. The Morgan fingerprint density at radius 1 is 1.19 bits per heavy atom. The van der Waals surface area contributed by atoms with Crippen molar-refractivity contribution in [3.63, 3.8) is 0 Å². The highest BCUT2D eigenvalue weighted by atomic mass is 16.3. The summed E-state index contributed by atoms with van der Waals surface area (Å²) < 4.78 is 7.39. The number of rotatable bonds is 3. The number of aryl methyl sites for hydroxylation is 2. The van der Waals surface area contributed by atoms with Gasteiger partial charge in [0.15, 0.2) is 0 Å². The van der Waals surface area contributed by atoms with Gasteiger partial charge in [-0.1, -0.05) is 11.3 Å². The van der Waals surface area contributed by atoms with Crippen LogP contribution < -0.4 is 0 Å². The molecule has 1 saturated heterocycles. The van der Waals surface area contributed by atoms with Gasteiger partial charge in [0, 0.05) is 19.3 Å². The van der Waals surface area contributed by atoms with Gasteiger partial charge >= 0.3 is 0 Å². The second kappa shape index (κ2) is 6.74. The Hall–Kier alpha value is -2.96. The highest BCUT2D eigenvalue weighted by molar-refractivity contribution is 5.95. The van der Waals surface area contributed by atoms with Gasteiger partial charge in [0.1, 0.15) is 17.2 Å². The summed E-state index contributed by atoms with van der Waals surface area (Å²) in [6.45, 7) is 5.10. The Balaban J connectivity index is 1.42. The lowest BCUT2D eigenvalue weighted by atomic mass is 10.0. The summed E-state index contributed by atoms with van der Waals surface area (Å²) in [5.74, 6) is 1.50. The van der Waals surface area contributed by atoms with Crippen LogP contribution in [0.25, 0.3) is 11.4 Å². The fraction of sp³-hybridized carbons (Fsp3) is 0.368. The molecule has 0 saturated carbocycles. The van der Waals surface area contributed by atoms with Crippen LogP contribution in [-0.4, -0.2) is 43.9 Å². The summed E-state index contributed by atoms with van der Waals surface area (Å²) in [5, 5.41) is 8.51. The summed E-state index contributed by atoms with van der Waals surface area (Å²) in [7, 11) is 0. The van der Waals surface area contributed by atoms with Crippen LogP contribution in [0.5, 0.6) is 0 Å². The lowest BCUT2D eigenvalue weighted by Gasteiger charge is -2.31. The van der Waals surface area contributed by atoms with Gasteiger partial charge in [-0.3, -0.25) is 9.78 Å². The van der Waals surface area contributed by atoms with Crippen molar-refractivity contribution in [1.29, 1.82) is 0 Å². The van der Waals surface area contributed by atoms with Crippen molar-refractivity contribution < 1.29 is 9.21 Å². The van der Waals surface area contributed by atoms with Gasteiger partial charge in [-0.2, -0.15) is 0 Å². The normalized spacial score (nSPS) is 15.4. The largest absolute Gasteiger partial charge is 0.466 e. The summed E-state index contributed by atoms with van der Waals surface area (Å²) in [5.41, 5.74) is 2.25. The van der Waals surface area contributed by atoms with Gasteiger partial charge in [0.2, 0.25) is 0 Å². The van der Waals surface area contributed by atoms with Crippen LogP contribution in [0.4, 0.5) is 0 Å². The first kappa shape index (κ1) is 16.5. The van der Waals surface area contributed by atoms with Crippen LogP contribution in [0.15, 0.2) is 41.1 Å². The van der Waals surface area contributed by atoms with Crippen molar-refractivity contribution in [2.75, 3.05) is 13.1 Å². The van der Waals surface area contributed by atoms with E-state index in [4.69, 9.17) is 4.42 Å². The molecule has 3 aromatic heterocycles. The standard InChI is InChI=1S/C19H21N5O2/c1-13-11-16(14(2)26-13)19(25)23-9-6-15(7-10-23)24-12-18(21-22-24)17-5-3-4-8-20-17/h3-5,8,11-12,15H,6-7,9-10H2,1-2H3. The van der Waals surface area contributed by atoms with Gasteiger partial charge in [0.25, 0.3) is 5.91 Å². The van der Waals surface area contributed by atoms with Crippen LogP contribution in [-0.2, 0) is 0 Å². The molecule has 26 heavy (non-hydrogen) atoms. The first-order chi connectivity index (χ1) is 12.6. The third kappa shape index (κ3) is 3.12. The van der Waals surface area contributed by atoms with E-state index in [9.17, 15) is 4.79 Å². The number of aromatic nitrogens is 4. The zero-order chi connectivity index (χ0) is 18.1. The van der Waals surface area contributed by atoms with Crippen molar-refractivity contribution in [2.45, 2.75) is 32.7 Å². The first-order valence-corrected chi connectivity index (χ1v) is 8.81. The number of likely N-dealkylation sites (tertiary alicyclic amines) is 1. The molecule has 7 nitrogen and oxygen atoms in total. The van der Waals surface area contributed by atoms with Crippen LogP contribution in [0.2, 0.25) is 0 Å². The van der Waals surface area contributed by atoms with E-state index < -0.39 is 0 Å². The van der Waals surface area contributed by atoms with Crippen molar-refractivity contribution >= 4 is 5.91 Å². The molecular weight excluding hydrogens is 330 g/mol. The first-order valence-electron chi connectivity index (χ1n) is 8.81. The second-order valence-electron chi connectivity index (χ2n) is 6.65. The van der Waals surface area contributed by atoms with E-state index in [2.05, 4.69) is 15.3 Å². The number of hydrogen-bond donors (Lipinski definition) is 0. The number of pyridine rings is 1. The zero-order valence-corrected chi connectivity index (χ0v) is 14.9. The number of hydrogen-bond acceptors (Lipinski definition) is 5. The Labute approximate surface area is 151 Å². The van der Waals surface area contributed by atoms with E-state index in [1.807, 2.05) is 53.9 Å². The van der Waals surface area contributed by atoms with E-state index >= 15 is 0 Å². The molecule has 0 spiro atoms. The van der Waals surface area contributed by atoms with Crippen molar-refractivity contribution in [1.82, 2.24) is 24.9 Å². The maximum Gasteiger partial charge on any atom is 0.257 e.